The average Bonchev–Trinajstić information content (AvgIpc) is 2.56. The molecule has 5 nitrogen and oxygen atoms in total. The molecule has 0 spiro atoms. The van der Waals surface area contributed by atoms with Gasteiger partial charge in [-0.1, -0.05) is 43.7 Å². The summed E-state index contributed by atoms with van der Waals surface area (Å²) in [5, 5.41) is 2.72. The lowest BCUT2D eigenvalue weighted by molar-refractivity contribution is -0.115. The van der Waals surface area contributed by atoms with Crippen LogP contribution in [0.3, 0.4) is 0 Å². The molecule has 0 radical (unpaired) electrons. The van der Waals surface area contributed by atoms with Crippen LogP contribution in [-0.4, -0.2) is 20.9 Å². The summed E-state index contributed by atoms with van der Waals surface area (Å²) in [6.45, 7) is 7.63. The molecule has 0 saturated heterocycles. The second kappa shape index (κ2) is 7.80. The van der Waals surface area contributed by atoms with Crippen molar-refractivity contribution < 1.29 is 13.2 Å². The van der Waals surface area contributed by atoms with E-state index in [9.17, 15) is 13.2 Å². The fraction of sp³-hybridized carbons (Fsp3) is 0.316. The molecular weight excluding hydrogens is 336 g/mol. The Balaban J connectivity index is 2.00. The van der Waals surface area contributed by atoms with Crippen molar-refractivity contribution in [2.45, 2.75) is 38.5 Å². The van der Waals surface area contributed by atoms with Gasteiger partial charge in [0.2, 0.25) is 15.9 Å². The van der Waals surface area contributed by atoms with E-state index in [0.29, 0.717) is 11.6 Å². The smallest absolute Gasteiger partial charge is 0.241 e. The zero-order chi connectivity index (χ0) is 18.6. The van der Waals surface area contributed by atoms with Crippen molar-refractivity contribution in [1.29, 1.82) is 0 Å². The highest BCUT2D eigenvalue weighted by Crippen LogP contribution is 2.18. The Hall–Kier alpha value is -2.18. The number of anilines is 1. The van der Waals surface area contributed by atoms with E-state index in [1.165, 1.54) is 0 Å². The number of hydrogen-bond acceptors (Lipinski definition) is 3. The minimum Gasteiger partial charge on any atom is -0.325 e. The number of sulfonamides is 1. The van der Waals surface area contributed by atoms with Crippen LogP contribution in [0.2, 0.25) is 0 Å². The highest BCUT2D eigenvalue weighted by molar-refractivity contribution is 7.89. The van der Waals surface area contributed by atoms with Crippen LogP contribution in [0, 0.1) is 13.8 Å². The van der Waals surface area contributed by atoms with Crippen molar-refractivity contribution in [2.24, 2.45) is 0 Å². The third-order valence-electron chi connectivity index (χ3n) is 3.94. The molecule has 2 N–H and O–H groups in total. The van der Waals surface area contributed by atoms with Crippen LogP contribution in [0.5, 0.6) is 0 Å². The van der Waals surface area contributed by atoms with Crippen molar-refractivity contribution in [2.75, 3.05) is 11.9 Å². The molecule has 2 aromatic rings. The summed E-state index contributed by atoms with van der Waals surface area (Å²) in [5.41, 5.74) is 3.77. The highest BCUT2D eigenvalue weighted by atomic mass is 32.2. The predicted octanol–water partition coefficient (Wildman–Crippen LogP) is 3.34. The van der Waals surface area contributed by atoms with Crippen LogP contribution in [-0.2, 0) is 14.8 Å². The van der Waals surface area contributed by atoms with Gasteiger partial charge in [-0.15, -0.1) is 0 Å². The molecule has 0 aliphatic heterocycles. The van der Waals surface area contributed by atoms with E-state index in [4.69, 9.17) is 0 Å². The van der Waals surface area contributed by atoms with Gasteiger partial charge in [0.25, 0.3) is 0 Å². The molecule has 2 aromatic carbocycles. The monoisotopic (exact) mass is 360 g/mol. The number of amides is 1. The van der Waals surface area contributed by atoms with Gasteiger partial charge in [-0.25, -0.2) is 13.1 Å². The maximum absolute atomic E-state index is 12.3. The molecule has 1 amide bonds. The van der Waals surface area contributed by atoms with E-state index >= 15 is 0 Å². The van der Waals surface area contributed by atoms with E-state index in [2.05, 4.69) is 10.0 Å². The van der Waals surface area contributed by atoms with Crippen molar-refractivity contribution >= 4 is 21.6 Å². The van der Waals surface area contributed by atoms with Crippen molar-refractivity contribution in [3.05, 3.63) is 59.2 Å². The van der Waals surface area contributed by atoms with E-state index in [1.807, 2.05) is 45.9 Å². The summed E-state index contributed by atoms with van der Waals surface area (Å²) < 4.78 is 26.9. The summed E-state index contributed by atoms with van der Waals surface area (Å²) >= 11 is 0. The second-order valence-corrected chi connectivity index (χ2v) is 8.18. The Morgan fingerprint density at radius 3 is 2.24 bits per heavy atom. The number of carbonyl (C=O) groups is 1. The molecule has 0 aliphatic rings. The molecular formula is C19H24N2O3S. The van der Waals surface area contributed by atoms with Crippen LogP contribution in [0.4, 0.5) is 5.69 Å². The molecule has 0 bridgehead atoms. The van der Waals surface area contributed by atoms with Gasteiger partial charge in [0, 0.05) is 5.69 Å². The largest absolute Gasteiger partial charge is 0.325 e. The molecule has 0 saturated carbocycles. The molecule has 0 fully saturated rings. The zero-order valence-corrected chi connectivity index (χ0v) is 15.8. The zero-order valence-electron chi connectivity index (χ0n) is 15.0. The topological polar surface area (TPSA) is 75.3 Å². The van der Waals surface area contributed by atoms with E-state index in [1.54, 1.807) is 24.3 Å². The van der Waals surface area contributed by atoms with Gasteiger partial charge in [-0.05, 0) is 49.1 Å². The number of rotatable bonds is 6. The van der Waals surface area contributed by atoms with Gasteiger partial charge in [-0.2, -0.15) is 0 Å². The summed E-state index contributed by atoms with van der Waals surface area (Å²) in [6, 6.07) is 12.3. The van der Waals surface area contributed by atoms with Gasteiger partial charge in [-0.3, -0.25) is 4.79 Å². The van der Waals surface area contributed by atoms with Crippen molar-refractivity contribution in [3.63, 3.8) is 0 Å². The van der Waals surface area contributed by atoms with Crippen LogP contribution < -0.4 is 10.0 Å². The lowest BCUT2D eigenvalue weighted by atomic mass is 10.0. The van der Waals surface area contributed by atoms with Gasteiger partial charge in [0.05, 0.1) is 11.4 Å². The minimum absolute atomic E-state index is 0.149. The third kappa shape index (κ3) is 5.14. The van der Waals surface area contributed by atoms with E-state index in [-0.39, 0.29) is 11.4 Å². The van der Waals surface area contributed by atoms with Crippen molar-refractivity contribution in [1.82, 2.24) is 4.72 Å². The normalized spacial score (nSPS) is 11.6. The first-order chi connectivity index (χ1) is 11.7. The molecule has 25 heavy (non-hydrogen) atoms. The Bertz CT molecular complexity index is 857. The predicted molar refractivity (Wildman–Crippen MR) is 100 cm³/mol. The molecule has 134 valence electrons. The average molecular weight is 360 g/mol. The third-order valence-corrected chi connectivity index (χ3v) is 5.35. The summed E-state index contributed by atoms with van der Waals surface area (Å²) in [4.78, 5) is 12.2. The van der Waals surface area contributed by atoms with Crippen LogP contribution in [0.25, 0.3) is 0 Å². The molecule has 0 unspecified atom stereocenters. The number of benzene rings is 2. The fourth-order valence-corrected chi connectivity index (χ4v) is 3.41. The summed E-state index contributed by atoms with van der Waals surface area (Å²) in [6.07, 6.45) is 0. The van der Waals surface area contributed by atoms with Crippen LogP contribution in [0.1, 0.15) is 36.5 Å². The number of aryl methyl sites for hydroxylation is 2. The first-order valence-electron chi connectivity index (χ1n) is 8.16. The van der Waals surface area contributed by atoms with E-state index < -0.39 is 15.9 Å². The standard InChI is InChI=1S/C19H24N2O3S/c1-13(2)16-6-8-17(9-7-16)25(23,24)20-12-19(22)21-18-10-5-14(3)11-15(18)4/h5-11,13,20H,12H2,1-4H3,(H,21,22). The highest BCUT2D eigenvalue weighted by Gasteiger charge is 2.16. The number of carbonyl (C=O) groups excluding carboxylic acids is 1. The maximum atomic E-state index is 12.3. The van der Waals surface area contributed by atoms with E-state index in [0.717, 1.165) is 16.7 Å². The number of nitrogens with one attached hydrogen (secondary N) is 2. The van der Waals surface area contributed by atoms with Gasteiger partial charge >= 0.3 is 0 Å². The molecule has 0 heterocycles. The lowest BCUT2D eigenvalue weighted by Gasteiger charge is -2.11. The lowest BCUT2D eigenvalue weighted by Crippen LogP contribution is -2.33. The van der Waals surface area contributed by atoms with Crippen LogP contribution in [0.15, 0.2) is 47.4 Å². The quantitative estimate of drug-likeness (QED) is 0.829. The molecule has 2 rings (SSSR count). The summed E-state index contributed by atoms with van der Waals surface area (Å²) in [7, 11) is -3.72. The Morgan fingerprint density at radius 1 is 1.04 bits per heavy atom. The Labute approximate surface area is 149 Å². The first kappa shape index (κ1) is 19.1. The molecule has 0 aliphatic carbocycles. The molecule has 0 aromatic heterocycles. The minimum atomic E-state index is -3.72. The van der Waals surface area contributed by atoms with Gasteiger partial charge in [0.1, 0.15) is 0 Å². The first-order valence-corrected chi connectivity index (χ1v) is 9.64. The Kier molecular flexibility index (Phi) is 5.98. The van der Waals surface area contributed by atoms with Gasteiger partial charge < -0.3 is 5.32 Å². The maximum Gasteiger partial charge on any atom is 0.241 e. The Morgan fingerprint density at radius 2 is 1.68 bits per heavy atom. The second-order valence-electron chi connectivity index (χ2n) is 6.41. The van der Waals surface area contributed by atoms with Crippen molar-refractivity contribution in [3.8, 4) is 0 Å². The van der Waals surface area contributed by atoms with Crippen LogP contribution >= 0.6 is 0 Å². The SMILES string of the molecule is Cc1ccc(NC(=O)CNS(=O)(=O)c2ccc(C(C)C)cc2)c(C)c1. The molecule has 0 atom stereocenters. The fourth-order valence-electron chi connectivity index (χ4n) is 2.42. The summed E-state index contributed by atoms with van der Waals surface area (Å²) in [5.74, 6) is -0.0810. The number of hydrogen-bond donors (Lipinski definition) is 2. The molecule has 6 heteroatoms. The van der Waals surface area contributed by atoms with Gasteiger partial charge in [0.15, 0.2) is 0 Å².